The van der Waals surface area contributed by atoms with Crippen LogP contribution in [0, 0.1) is 11.6 Å². The number of amides is 3. The topological polar surface area (TPSA) is 66.5 Å². The lowest BCUT2D eigenvalue weighted by atomic mass is 9.97. The van der Waals surface area contributed by atoms with Crippen molar-refractivity contribution in [1.82, 2.24) is 10.2 Å². The second-order valence-electron chi connectivity index (χ2n) is 4.93. The molecule has 0 aliphatic carbocycles. The zero-order chi connectivity index (χ0) is 15.1. The SMILES string of the molecule is CC1(C)C(=O)NC(=O)CN1C(=O)c1cccc(F)c1F. The quantitative estimate of drug-likeness (QED) is 0.776. The third-order valence-electron chi connectivity index (χ3n) is 3.21. The van der Waals surface area contributed by atoms with E-state index in [9.17, 15) is 23.2 Å². The summed E-state index contributed by atoms with van der Waals surface area (Å²) in [5.41, 5.74) is -1.84. The first-order chi connectivity index (χ1) is 9.25. The van der Waals surface area contributed by atoms with E-state index >= 15 is 0 Å². The summed E-state index contributed by atoms with van der Waals surface area (Å²) >= 11 is 0. The molecule has 1 N–H and O–H groups in total. The molecule has 0 atom stereocenters. The molecule has 1 fully saturated rings. The Kier molecular flexibility index (Phi) is 3.29. The Morgan fingerprint density at radius 1 is 1.30 bits per heavy atom. The molecule has 7 heteroatoms. The Hall–Kier alpha value is -2.31. The minimum absolute atomic E-state index is 0.395. The third-order valence-corrected chi connectivity index (χ3v) is 3.21. The van der Waals surface area contributed by atoms with Gasteiger partial charge in [-0.3, -0.25) is 19.7 Å². The van der Waals surface area contributed by atoms with E-state index in [0.717, 1.165) is 17.0 Å². The maximum Gasteiger partial charge on any atom is 0.258 e. The summed E-state index contributed by atoms with van der Waals surface area (Å²) in [4.78, 5) is 36.3. The number of carbonyl (C=O) groups excluding carboxylic acids is 3. The van der Waals surface area contributed by atoms with Gasteiger partial charge < -0.3 is 4.90 Å². The number of benzene rings is 1. The third kappa shape index (κ3) is 2.15. The van der Waals surface area contributed by atoms with Crippen LogP contribution in [-0.4, -0.2) is 34.7 Å². The summed E-state index contributed by atoms with van der Waals surface area (Å²) in [5.74, 6) is -4.71. The molecular weight excluding hydrogens is 270 g/mol. The van der Waals surface area contributed by atoms with Crippen molar-refractivity contribution >= 4 is 17.7 Å². The van der Waals surface area contributed by atoms with Crippen LogP contribution < -0.4 is 5.32 Å². The van der Waals surface area contributed by atoms with Crippen LogP contribution in [0.5, 0.6) is 0 Å². The molecule has 20 heavy (non-hydrogen) atoms. The van der Waals surface area contributed by atoms with E-state index in [0.29, 0.717) is 0 Å². The number of rotatable bonds is 1. The Balaban J connectivity index is 2.43. The predicted molar refractivity (Wildman–Crippen MR) is 64.6 cm³/mol. The molecular formula is C13H12F2N2O3. The van der Waals surface area contributed by atoms with Crippen LogP contribution in [0.15, 0.2) is 18.2 Å². The summed E-state index contributed by atoms with van der Waals surface area (Å²) in [7, 11) is 0. The first kappa shape index (κ1) is 14.1. The molecule has 0 spiro atoms. The van der Waals surface area contributed by atoms with Crippen LogP contribution in [0.4, 0.5) is 8.78 Å². The highest BCUT2D eigenvalue weighted by atomic mass is 19.2. The van der Waals surface area contributed by atoms with Crippen LogP contribution in [-0.2, 0) is 9.59 Å². The van der Waals surface area contributed by atoms with E-state index in [2.05, 4.69) is 5.32 Å². The minimum Gasteiger partial charge on any atom is -0.315 e. The van der Waals surface area contributed by atoms with E-state index < -0.39 is 47.0 Å². The zero-order valence-corrected chi connectivity index (χ0v) is 10.9. The maximum atomic E-state index is 13.6. The van der Waals surface area contributed by atoms with Gasteiger partial charge in [-0.25, -0.2) is 8.78 Å². The van der Waals surface area contributed by atoms with Crippen LogP contribution in [0.1, 0.15) is 24.2 Å². The average Bonchev–Trinajstić information content (AvgIpc) is 2.37. The molecule has 1 aromatic rings. The number of hydrogen-bond donors (Lipinski definition) is 1. The molecule has 5 nitrogen and oxygen atoms in total. The highest BCUT2D eigenvalue weighted by Crippen LogP contribution is 2.23. The molecule has 1 saturated heterocycles. The van der Waals surface area contributed by atoms with Gasteiger partial charge in [0.25, 0.3) is 11.8 Å². The molecule has 1 aromatic carbocycles. The summed E-state index contributed by atoms with van der Waals surface area (Å²) in [5, 5.41) is 2.09. The molecule has 1 aliphatic heterocycles. The van der Waals surface area contributed by atoms with Gasteiger partial charge in [-0.05, 0) is 26.0 Å². The van der Waals surface area contributed by atoms with Crippen molar-refractivity contribution < 1.29 is 23.2 Å². The van der Waals surface area contributed by atoms with Crippen LogP contribution in [0.25, 0.3) is 0 Å². The zero-order valence-electron chi connectivity index (χ0n) is 10.9. The van der Waals surface area contributed by atoms with Crippen molar-refractivity contribution in [2.45, 2.75) is 19.4 Å². The second kappa shape index (κ2) is 4.66. The molecule has 106 valence electrons. The molecule has 0 unspecified atom stereocenters. The summed E-state index contributed by atoms with van der Waals surface area (Å²) in [6.45, 7) is 2.45. The number of nitrogens with one attached hydrogen (secondary N) is 1. The monoisotopic (exact) mass is 282 g/mol. The van der Waals surface area contributed by atoms with Crippen molar-refractivity contribution in [2.24, 2.45) is 0 Å². The average molecular weight is 282 g/mol. The van der Waals surface area contributed by atoms with Crippen LogP contribution in [0.3, 0.4) is 0 Å². The summed E-state index contributed by atoms with van der Waals surface area (Å²) < 4.78 is 26.8. The van der Waals surface area contributed by atoms with Crippen LogP contribution >= 0.6 is 0 Å². The molecule has 1 aliphatic rings. The second-order valence-corrected chi connectivity index (χ2v) is 4.93. The Bertz CT molecular complexity index is 614. The van der Waals surface area contributed by atoms with Gasteiger partial charge in [-0.2, -0.15) is 0 Å². The lowest BCUT2D eigenvalue weighted by Gasteiger charge is -2.40. The number of nitrogens with zero attached hydrogens (tertiary/aromatic N) is 1. The van der Waals surface area contributed by atoms with E-state index in [1.54, 1.807) is 0 Å². The smallest absolute Gasteiger partial charge is 0.258 e. The fraction of sp³-hybridized carbons (Fsp3) is 0.308. The molecule has 0 bridgehead atoms. The number of carbonyl (C=O) groups is 3. The van der Waals surface area contributed by atoms with Gasteiger partial charge in [0, 0.05) is 0 Å². The standard InChI is InChI=1S/C13H12F2N2O3/c1-13(2)12(20)16-9(18)6-17(13)11(19)7-4-3-5-8(14)10(7)15/h3-5H,6H2,1-2H3,(H,16,18,20). The van der Waals surface area contributed by atoms with E-state index in [1.165, 1.54) is 19.9 Å². The van der Waals surface area contributed by atoms with Crippen molar-refractivity contribution in [3.05, 3.63) is 35.4 Å². The van der Waals surface area contributed by atoms with Crippen molar-refractivity contribution in [3.63, 3.8) is 0 Å². The van der Waals surface area contributed by atoms with Gasteiger partial charge in [0.05, 0.1) is 5.56 Å². The van der Waals surface area contributed by atoms with Gasteiger partial charge in [0.1, 0.15) is 12.1 Å². The largest absolute Gasteiger partial charge is 0.315 e. The molecule has 0 aromatic heterocycles. The van der Waals surface area contributed by atoms with Gasteiger partial charge in [0.2, 0.25) is 5.91 Å². The minimum atomic E-state index is -1.33. The normalized spacial score (nSPS) is 17.9. The van der Waals surface area contributed by atoms with Gasteiger partial charge in [-0.15, -0.1) is 0 Å². The van der Waals surface area contributed by atoms with Crippen molar-refractivity contribution in [1.29, 1.82) is 0 Å². The maximum absolute atomic E-state index is 13.6. The van der Waals surface area contributed by atoms with Crippen molar-refractivity contribution in [2.75, 3.05) is 6.54 Å². The molecule has 2 rings (SSSR count). The first-order valence-corrected chi connectivity index (χ1v) is 5.85. The van der Waals surface area contributed by atoms with Crippen molar-refractivity contribution in [3.8, 4) is 0 Å². The lowest BCUT2D eigenvalue weighted by Crippen LogP contribution is -2.65. The molecule has 1 heterocycles. The van der Waals surface area contributed by atoms with E-state index in [4.69, 9.17) is 0 Å². The molecule has 0 saturated carbocycles. The predicted octanol–water partition coefficient (Wildman–Crippen LogP) is 0.842. The van der Waals surface area contributed by atoms with Crippen LogP contribution in [0.2, 0.25) is 0 Å². The fourth-order valence-corrected chi connectivity index (χ4v) is 1.92. The Morgan fingerprint density at radius 3 is 2.60 bits per heavy atom. The molecule has 0 radical (unpaired) electrons. The van der Waals surface area contributed by atoms with Gasteiger partial charge >= 0.3 is 0 Å². The van der Waals surface area contributed by atoms with Gasteiger partial charge in [0.15, 0.2) is 11.6 Å². The Morgan fingerprint density at radius 2 is 1.95 bits per heavy atom. The summed E-state index contributed by atoms with van der Waals surface area (Å²) in [6, 6.07) is 3.17. The van der Waals surface area contributed by atoms with E-state index in [1.807, 2.05) is 0 Å². The Labute approximate surface area is 113 Å². The highest BCUT2D eigenvalue weighted by Gasteiger charge is 2.44. The highest BCUT2D eigenvalue weighted by molar-refractivity contribution is 6.08. The number of halogens is 2. The number of imide groups is 1. The number of hydrogen-bond acceptors (Lipinski definition) is 3. The van der Waals surface area contributed by atoms with E-state index in [-0.39, 0.29) is 0 Å². The summed E-state index contributed by atoms with van der Waals surface area (Å²) in [6.07, 6.45) is 0. The van der Waals surface area contributed by atoms with Gasteiger partial charge in [-0.1, -0.05) is 6.07 Å². The fourth-order valence-electron chi connectivity index (χ4n) is 1.92. The lowest BCUT2D eigenvalue weighted by molar-refractivity contribution is -0.143. The number of piperazine rings is 1. The first-order valence-electron chi connectivity index (χ1n) is 5.85. The molecule has 3 amide bonds.